The molecule has 18 rings (SSSR count). The van der Waals surface area contributed by atoms with Crippen LogP contribution in [0.5, 0.6) is 0 Å². The molecule has 0 bridgehead atoms. The third kappa shape index (κ3) is 26.6. The van der Waals surface area contributed by atoms with Gasteiger partial charge in [-0.2, -0.15) is 0 Å². The van der Waals surface area contributed by atoms with E-state index in [1.165, 1.54) is 70.6 Å². The van der Waals surface area contributed by atoms with Gasteiger partial charge in [-0.15, -0.1) is 0 Å². The summed E-state index contributed by atoms with van der Waals surface area (Å²) in [6.45, 7) is 16.8. The summed E-state index contributed by atoms with van der Waals surface area (Å²) in [5.74, 6) is 0.281. The summed E-state index contributed by atoms with van der Waals surface area (Å²) in [4.78, 5) is 182. The molecule has 1 saturated carbocycles. The van der Waals surface area contributed by atoms with E-state index in [1.54, 1.807) is 39.0 Å². The molecule has 32 nitrogen and oxygen atoms in total. The van der Waals surface area contributed by atoms with E-state index in [9.17, 15) is 57.5 Å². The Hall–Kier alpha value is -12.0. The number of nitrogens with one attached hydrogen (secondary N) is 9. The second-order valence-corrected chi connectivity index (χ2v) is 40.2. The zero-order valence-electron chi connectivity index (χ0n) is 80.9. The molecule has 33 heteroatoms. The van der Waals surface area contributed by atoms with Crippen LogP contribution in [0.25, 0.3) is 0 Å². The van der Waals surface area contributed by atoms with E-state index in [2.05, 4.69) is 64.6 Å². The highest BCUT2D eigenvalue weighted by molar-refractivity contribution is 6.30. The molecule has 9 N–H and O–H groups in total. The molecule has 18 amide bonds. The topological polar surface area (TPSA) is 349 Å². The molecular weight excluding hydrogens is 1780 g/mol. The zero-order valence-corrected chi connectivity index (χ0v) is 81.6. The SMILES string of the molecule is CCc1cccc(NC(=O)N[C@@H](CC(=O)N2CCC(N3Cc4ccccc4NC3=O)CC2)C(=O)N2CCC(N3CCCCC3)CC2)c1.Cc1ccccc1NC(=O)N[C@@H](CC(=O)N1CCC(N2Cc3ccccc3NC2=O)CC1)C(=O)N1CCC(N2CCCCC2)CC1.O=C(Nc1ccc(Cl)cc1)N[C@@H](CC(=O)N1CCC(N2Cc3ccccc3NC2=O)CC1)C(=O)N1CCC(C2CCCCC2)CC1. The average molecular weight is 1920 g/mol. The summed E-state index contributed by atoms with van der Waals surface area (Å²) < 4.78 is 0. The first-order chi connectivity index (χ1) is 67.6. The Balaban J connectivity index is 0.000000151. The number of anilines is 6. The monoisotopic (exact) mass is 1920 g/mol. The van der Waals surface area contributed by atoms with Crippen molar-refractivity contribution in [3.63, 3.8) is 0 Å². The third-order valence-electron chi connectivity index (χ3n) is 30.9. The minimum atomic E-state index is -0.979. The minimum absolute atomic E-state index is 0.0172. The molecule has 6 aromatic rings. The second kappa shape index (κ2) is 48.2. The number of piperidine rings is 8. The summed E-state index contributed by atoms with van der Waals surface area (Å²) in [7, 11) is 0. The average Bonchev–Trinajstić information content (AvgIpc) is 0.799. The van der Waals surface area contributed by atoms with Crippen LogP contribution in [0.2, 0.25) is 5.02 Å². The molecule has 9 fully saturated rings. The second-order valence-electron chi connectivity index (χ2n) is 39.8. The number of nitrogens with zero attached hydrogens (tertiary/aromatic N) is 11. The van der Waals surface area contributed by atoms with Gasteiger partial charge in [-0.1, -0.05) is 148 Å². The van der Waals surface area contributed by atoms with Crippen molar-refractivity contribution in [1.29, 1.82) is 0 Å². The smallest absolute Gasteiger partial charge is 0.322 e. The first-order valence-corrected chi connectivity index (χ1v) is 51.7. The van der Waals surface area contributed by atoms with Crippen molar-refractivity contribution in [3.05, 3.63) is 178 Å². The standard InChI is InChI=1S/C36H49N7O4.C35H45ClN6O4.C35H47N7O4/c1-2-26-9-8-11-28(23-26)37-35(46)38-32(34(45)42-21-13-29(14-22-42)40-17-6-3-7-18-40)24-33(44)41-19-15-30(16-20-41)43-25-27-10-4-5-12-31(27)39-36(43)47;36-27-10-12-28(13-11-27)37-34(45)38-31(33(44)41-18-14-25(15-19-41)24-6-2-1-3-7-24)22-32(43)40-20-16-29(17-21-40)42-23-26-8-4-5-9-30(26)39-35(42)46;1-25-9-3-5-11-29(25)36-34(45)37-31(33(44)41-21-13-27(14-22-41)39-17-7-2-8-18-39)23-32(43)40-19-15-28(16-20-40)42-24-26-10-4-6-12-30(26)38-35(42)46/h4-5,8-12,23,29-30,32H,2-3,6-7,13-22,24-25H2,1H3,(H,39,47)(H2,37,38,46);4-5,8-13,24-25,29,31H,1-3,6-7,14-23H2,(H,39,46)(H2,37,38,45);3-6,9-12,27-28,31H,2,7-8,13-24H2,1H3,(H,38,46)(H2,36,37,45)/t32-;2*31-/m000/s1. The number of fused-ring (bicyclic) bond motifs is 3. The highest BCUT2D eigenvalue weighted by Crippen LogP contribution is 2.38. The normalized spacial score (nSPS) is 20.4. The highest BCUT2D eigenvalue weighted by Gasteiger charge is 2.43. The van der Waals surface area contributed by atoms with E-state index >= 15 is 0 Å². The van der Waals surface area contributed by atoms with Gasteiger partial charge in [0.05, 0.1) is 19.3 Å². The number of urea groups is 6. The van der Waals surface area contributed by atoms with Gasteiger partial charge in [0.25, 0.3) is 0 Å². The first kappa shape index (κ1) is 100.0. The number of benzene rings is 6. The molecular formula is C106H141ClN20O12. The zero-order chi connectivity index (χ0) is 96.8. The molecule has 0 aromatic heterocycles. The lowest BCUT2D eigenvalue weighted by molar-refractivity contribution is -0.140. The summed E-state index contributed by atoms with van der Waals surface area (Å²) in [5.41, 5.74) is 9.63. The molecule has 3 atom stereocenters. The lowest BCUT2D eigenvalue weighted by Gasteiger charge is -2.41. The Morgan fingerprint density at radius 1 is 0.338 bits per heavy atom. The maximum Gasteiger partial charge on any atom is 0.322 e. The summed E-state index contributed by atoms with van der Waals surface area (Å²) in [6.07, 6.45) is 24.1. The van der Waals surface area contributed by atoms with Gasteiger partial charge in [0.1, 0.15) is 18.1 Å². The van der Waals surface area contributed by atoms with Gasteiger partial charge in [0, 0.05) is 168 Å². The number of para-hydroxylation sites is 4. The van der Waals surface area contributed by atoms with Gasteiger partial charge in [0.15, 0.2) is 0 Å². The van der Waals surface area contributed by atoms with Gasteiger partial charge in [-0.25, -0.2) is 28.8 Å². The molecule has 11 aliphatic heterocycles. The van der Waals surface area contributed by atoms with Crippen LogP contribution in [0.15, 0.2) is 146 Å². The van der Waals surface area contributed by atoms with Gasteiger partial charge >= 0.3 is 36.2 Å². The molecule has 744 valence electrons. The van der Waals surface area contributed by atoms with E-state index < -0.39 is 36.2 Å². The number of amides is 18. The lowest BCUT2D eigenvalue weighted by atomic mass is 9.76. The molecule has 139 heavy (non-hydrogen) atoms. The Labute approximate surface area is 822 Å². The number of carbonyl (C=O) groups is 12. The van der Waals surface area contributed by atoms with Crippen molar-refractivity contribution in [2.45, 2.75) is 255 Å². The van der Waals surface area contributed by atoms with Gasteiger partial charge in [-0.3, -0.25) is 28.8 Å². The highest BCUT2D eigenvalue weighted by atomic mass is 35.5. The van der Waals surface area contributed by atoms with Crippen molar-refractivity contribution in [1.82, 2.24) is 69.8 Å². The van der Waals surface area contributed by atoms with E-state index in [0.717, 1.165) is 122 Å². The van der Waals surface area contributed by atoms with E-state index in [1.807, 2.05) is 158 Å². The Morgan fingerprint density at radius 3 is 1.06 bits per heavy atom. The van der Waals surface area contributed by atoms with Crippen LogP contribution in [-0.2, 0) is 54.8 Å². The predicted octanol–water partition coefficient (Wildman–Crippen LogP) is 15.1. The van der Waals surface area contributed by atoms with Crippen LogP contribution in [0, 0.1) is 18.8 Å². The fourth-order valence-corrected chi connectivity index (χ4v) is 22.9. The number of hydrogen-bond acceptors (Lipinski definition) is 14. The minimum Gasteiger partial charge on any atom is -0.342 e. The molecule has 6 aromatic carbocycles. The first-order valence-electron chi connectivity index (χ1n) is 51.3. The largest absolute Gasteiger partial charge is 0.342 e. The summed E-state index contributed by atoms with van der Waals surface area (Å²) in [5, 5.41) is 26.5. The molecule has 0 unspecified atom stereocenters. The Morgan fingerprint density at radius 2 is 0.669 bits per heavy atom. The summed E-state index contributed by atoms with van der Waals surface area (Å²) >= 11 is 5.99. The van der Waals surface area contributed by atoms with E-state index in [-0.39, 0.29) is 90.9 Å². The molecule has 1 aliphatic carbocycles. The quantitative estimate of drug-likeness (QED) is 0.0305. The number of likely N-dealkylation sites (tertiary alicyclic amines) is 8. The molecule has 12 aliphatic rings. The maximum absolute atomic E-state index is 13.9. The summed E-state index contributed by atoms with van der Waals surface area (Å²) in [6, 6.07) is 41.5. The maximum atomic E-state index is 13.9. The fourth-order valence-electron chi connectivity index (χ4n) is 22.8. The van der Waals surface area contributed by atoms with Crippen LogP contribution >= 0.6 is 11.6 Å². The predicted molar refractivity (Wildman–Crippen MR) is 538 cm³/mol. The van der Waals surface area contributed by atoms with Crippen molar-refractivity contribution in [2.75, 3.05) is 137 Å². The number of aryl methyl sites for hydroxylation is 2. The van der Waals surface area contributed by atoms with Crippen molar-refractivity contribution >= 4 is 117 Å². The molecule has 11 heterocycles. The van der Waals surface area contributed by atoms with Gasteiger partial charge in [0.2, 0.25) is 35.4 Å². The van der Waals surface area contributed by atoms with Crippen LogP contribution in [0.4, 0.5) is 62.9 Å². The molecule has 8 saturated heterocycles. The van der Waals surface area contributed by atoms with Gasteiger partial charge in [-0.05, 0) is 243 Å². The lowest BCUT2D eigenvalue weighted by Crippen LogP contribution is -2.56. The number of carbonyl (C=O) groups excluding carboxylic acids is 12. The molecule has 0 spiro atoms. The van der Waals surface area contributed by atoms with Crippen LogP contribution in [0.1, 0.15) is 202 Å². The van der Waals surface area contributed by atoms with Crippen molar-refractivity contribution in [2.24, 2.45) is 11.8 Å². The Kier molecular flexibility index (Phi) is 34.7. The van der Waals surface area contributed by atoms with E-state index in [4.69, 9.17) is 11.6 Å². The van der Waals surface area contributed by atoms with Crippen molar-refractivity contribution < 1.29 is 57.5 Å². The fraction of sp³-hybridized carbons (Fsp3) is 0.547. The van der Waals surface area contributed by atoms with E-state index in [0.29, 0.717) is 177 Å². The number of rotatable bonds is 22. The molecule has 0 radical (unpaired) electrons. The van der Waals surface area contributed by atoms with Crippen LogP contribution in [0.3, 0.4) is 0 Å². The van der Waals surface area contributed by atoms with Crippen molar-refractivity contribution in [3.8, 4) is 0 Å². The Bertz CT molecular complexity index is 5250. The van der Waals surface area contributed by atoms with Crippen LogP contribution in [-0.4, -0.2) is 279 Å². The van der Waals surface area contributed by atoms with Gasteiger partial charge < -0.3 is 102 Å². The number of hydrogen-bond donors (Lipinski definition) is 9. The number of halogens is 1. The third-order valence-corrected chi connectivity index (χ3v) is 31.2. The van der Waals surface area contributed by atoms with Crippen LogP contribution < -0.4 is 47.9 Å².